The zero-order valence-electron chi connectivity index (χ0n) is 17.2. The molecule has 7 nitrogen and oxygen atoms in total. The molecule has 0 spiro atoms. The third kappa shape index (κ3) is 2.98. The van der Waals surface area contributed by atoms with Gasteiger partial charge in [0.05, 0.1) is 29.4 Å². The molecule has 3 saturated heterocycles. The van der Waals surface area contributed by atoms with Crippen LogP contribution < -0.4 is 4.90 Å². The van der Waals surface area contributed by atoms with Crippen LogP contribution in [0.5, 0.6) is 0 Å². The number of rotatable bonds is 5. The highest BCUT2D eigenvalue weighted by atomic mass is 19.3. The molecule has 1 aromatic rings. The van der Waals surface area contributed by atoms with Gasteiger partial charge in [0.1, 0.15) is 12.7 Å². The summed E-state index contributed by atoms with van der Waals surface area (Å²) in [7, 11) is 0. The number of hydrogen-bond acceptors (Lipinski definition) is 4. The van der Waals surface area contributed by atoms with E-state index in [0.29, 0.717) is 4.90 Å². The molecule has 0 saturated carbocycles. The Bertz CT molecular complexity index is 1130. The number of amides is 4. The third-order valence-corrected chi connectivity index (χ3v) is 6.35. The SMILES string of the molecule is CC(F)(F)C(F)(F)C(F)(F)C(=O)N1CC2CC1[C@H]1C(=O)N(c3ccc(C#N)c(CF)c3)C(=O)N21. The molecule has 0 radical (unpaired) electrons. The average molecular weight is 492 g/mol. The summed E-state index contributed by atoms with van der Waals surface area (Å²) in [5, 5.41) is 9.00. The standard InChI is InChI=1S/C20H15F7N4O3/c1-18(22,23)20(26,27)19(24,25)16(33)29-8-12-5-13(29)14-15(32)31(17(34)30(12)14)11-3-2-9(7-28)10(4-11)6-21/h2-4,12-14H,5-6,8H2,1H3/t12?,13?,14-/m0/s1. The Hall–Kier alpha value is -3.37. The molecule has 0 aliphatic carbocycles. The maximum absolute atomic E-state index is 14.2. The van der Waals surface area contributed by atoms with Crippen LogP contribution in [0.1, 0.15) is 24.5 Å². The lowest BCUT2D eigenvalue weighted by Crippen LogP contribution is -2.64. The number of anilines is 1. The molecule has 0 aromatic heterocycles. The van der Waals surface area contributed by atoms with Crippen molar-refractivity contribution in [2.75, 3.05) is 11.4 Å². The molecule has 3 fully saturated rings. The van der Waals surface area contributed by atoms with E-state index in [1.807, 2.05) is 0 Å². The number of fused-ring (bicyclic) bond motifs is 5. The van der Waals surface area contributed by atoms with Crippen molar-refractivity contribution < 1.29 is 45.1 Å². The van der Waals surface area contributed by atoms with Crippen LogP contribution in [0, 0.1) is 11.3 Å². The monoisotopic (exact) mass is 492 g/mol. The van der Waals surface area contributed by atoms with E-state index in [4.69, 9.17) is 5.26 Å². The summed E-state index contributed by atoms with van der Waals surface area (Å²) in [6.45, 7) is -2.18. The third-order valence-electron chi connectivity index (χ3n) is 6.35. The van der Waals surface area contributed by atoms with Gasteiger partial charge in [-0.05, 0) is 24.6 Å². The number of carbonyl (C=O) groups excluding carboxylic acids is 3. The van der Waals surface area contributed by atoms with Gasteiger partial charge in [-0.15, -0.1) is 0 Å². The summed E-state index contributed by atoms with van der Waals surface area (Å²) in [4.78, 5) is 40.1. The van der Waals surface area contributed by atoms with Crippen LogP contribution in [-0.2, 0) is 16.3 Å². The summed E-state index contributed by atoms with van der Waals surface area (Å²) in [5.74, 6) is -20.5. The Labute approximate surface area is 187 Å². The lowest BCUT2D eigenvalue weighted by Gasteiger charge is -2.38. The summed E-state index contributed by atoms with van der Waals surface area (Å²) in [6, 6.07) is 0.342. The molecule has 4 amide bonds. The van der Waals surface area contributed by atoms with Gasteiger partial charge in [0.25, 0.3) is 11.8 Å². The predicted molar refractivity (Wildman–Crippen MR) is 98.9 cm³/mol. The van der Waals surface area contributed by atoms with E-state index < -0.39 is 73.9 Å². The Balaban J connectivity index is 1.64. The van der Waals surface area contributed by atoms with Crippen molar-refractivity contribution in [2.24, 2.45) is 0 Å². The minimum absolute atomic E-state index is 0.0430. The highest BCUT2D eigenvalue weighted by Crippen LogP contribution is 2.49. The number of piperazine rings is 1. The lowest BCUT2D eigenvalue weighted by molar-refractivity contribution is -0.295. The van der Waals surface area contributed by atoms with E-state index in [0.717, 1.165) is 11.0 Å². The fraction of sp³-hybridized carbons (Fsp3) is 0.500. The lowest BCUT2D eigenvalue weighted by atomic mass is 10.0. The van der Waals surface area contributed by atoms with Crippen LogP contribution in [0.3, 0.4) is 0 Å². The van der Waals surface area contributed by atoms with Crippen LogP contribution in [0.4, 0.5) is 41.2 Å². The van der Waals surface area contributed by atoms with E-state index in [9.17, 15) is 45.1 Å². The molecule has 3 aliphatic rings. The molecule has 3 aliphatic heterocycles. The van der Waals surface area contributed by atoms with Crippen molar-refractivity contribution in [2.45, 2.75) is 55.9 Å². The number of benzene rings is 1. The fourth-order valence-electron chi connectivity index (χ4n) is 4.66. The molecule has 2 bridgehead atoms. The number of halogens is 7. The molecule has 0 N–H and O–H groups in total. The highest BCUT2D eigenvalue weighted by Gasteiger charge is 2.75. The number of imide groups is 1. The van der Waals surface area contributed by atoms with Crippen LogP contribution in [0.15, 0.2) is 18.2 Å². The smallest absolute Gasteiger partial charge is 0.330 e. The molecule has 14 heteroatoms. The van der Waals surface area contributed by atoms with E-state index >= 15 is 0 Å². The van der Waals surface area contributed by atoms with Crippen LogP contribution >= 0.6 is 0 Å². The summed E-state index contributed by atoms with van der Waals surface area (Å²) in [6.07, 6.45) is -0.186. The number of nitriles is 1. The van der Waals surface area contributed by atoms with Gasteiger partial charge in [0, 0.05) is 19.0 Å². The number of hydrogen-bond donors (Lipinski definition) is 0. The maximum Gasteiger partial charge on any atom is 0.392 e. The van der Waals surface area contributed by atoms with E-state index in [-0.39, 0.29) is 28.1 Å². The number of urea groups is 1. The predicted octanol–water partition coefficient (Wildman–Crippen LogP) is 3.07. The molecule has 1 aromatic carbocycles. The van der Waals surface area contributed by atoms with Crippen LogP contribution in [-0.4, -0.2) is 70.1 Å². The minimum atomic E-state index is -5.99. The van der Waals surface area contributed by atoms with Crippen LogP contribution in [0.25, 0.3) is 0 Å². The van der Waals surface area contributed by atoms with Gasteiger partial charge in [-0.25, -0.2) is 14.1 Å². The molecule has 4 rings (SSSR count). The van der Waals surface area contributed by atoms with E-state index in [1.54, 1.807) is 6.07 Å². The van der Waals surface area contributed by atoms with E-state index in [1.165, 1.54) is 12.1 Å². The fourth-order valence-corrected chi connectivity index (χ4v) is 4.66. The second-order valence-electron chi connectivity index (χ2n) is 8.35. The first-order valence-corrected chi connectivity index (χ1v) is 9.88. The average Bonchev–Trinajstić information content (AvgIpc) is 3.43. The molecule has 34 heavy (non-hydrogen) atoms. The minimum Gasteiger partial charge on any atom is -0.330 e. The number of nitrogens with zero attached hydrogens (tertiary/aromatic N) is 4. The van der Waals surface area contributed by atoms with Crippen molar-refractivity contribution in [3.63, 3.8) is 0 Å². The van der Waals surface area contributed by atoms with Crippen molar-refractivity contribution in [1.82, 2.24) is 9.80 Å². The van der Waals surface area contributed by atoms with Gasteiger partial charge >= 0.3 is 23.8 Å². The second-order valence-corrected chi connectivity index (χ2v) is 8.35. The first kappa shape index (κ1) is 23.8. The largest absolute Gasteiger partial charge is 0.392 e. The van der Waals surface area contributed by atoms with Crippen molar-refractivity contribution in [1.29, 1.82) is 5.26 Å². The number of carbonyl (C=O) groups is 3. The summed E-state index contributed by atoms with van der Waals surface area (Å²) in [5.41, 5.74) is -0.274. The number of alkyl halides is 7. The van der Waals surface area contributed by atoms with Crippen LogP contribution in [0.2, 0.25) is 0 Å². The Kier molecular flexibility index (Phi) is 5.11. The molecule has 3 heterocycles. The first-order valence-electron chi connectivity index (χ1n) is 9.88. The summed E-state index contributed by atoms with van der Waals surface area (Å²) < 4.78 is 95.5. The van der Waals surface area contributed by atoms with E-state index in [2.05, 4.69) is 0 Å². The first-order chi connectivity index (χ1) is 15.7. The van der Waals surface area contributed by atoms with Gasteiger partial charge in [0.15, 0.2) is 0 Å². The van der Waals surface area contributed by atoms with Gasteiger partial charge < -0.3 is 9.80 Å². The Morgan fingerprint density at radius 3 is 2.38 bits per heavy atom. The zero-order chi connectivity index (χ0) is 25.4. The van der Waals surface area contributed by atoms with Crippen molar-refractivity contribution >= 4 is 23.5 Å². The number of likely N-dealkylation sites (tertiary alicyclic amines) is 1. The molecule has 182 valence electrons. The Morgan fingerprint density at radius 2 is 1.82 bits per heavy atom. The van der Waals surface area contributed by atoms with Gasteiger partial charge in [-0.1, -0.05) is 0 Å². The molecular formula is C20H15F7N4O3. The van der Waals surface area contributed by atoms with Crippen molar-refractivity contribution in [3.05, 3.63) is 29.3 Å². The normalized spacial score (nSPS) is 24.7. The quantitative estimate of drug-likeness (QED) is 0.467. The highest BCUT2D eigenvalue weighted by molar-refractivity contribution is 6.22. The van der Waals surface area contributed by atoms with Gasteiger partial charge in [0.2, 0.25) is 0 Å². The van der Waals surface area contributed by atoms with Gasteiger partial charge in [-0.3, -0.25) is 9.59 Å². The Morgan fingerprint density at radius 1 is 1.18 bits per heavy atom. The zero-order valence-corrected chi connectivity index (χ0v) is 17.2. The topological polar surface area (TPSA) is 84.7 Å². The van der Waals surface area contributed by atoms with Crippen molar-refractivity contribution in [3.8, 4) is 6.07 Å². The summed E-state index contributed by atoms with van der Waals surface area (Å²) >= 11 is 0. The maximum atomic E-state index is 14.2. The van der Waals surface area contributed by atoms with Gasteiger partial charge in [-0.2, -0.15) is 31.6 Å². The molecular weight excluding hydrogens is 477 g/mol. The molecule has 2 unspecified atom stereocenters. The second kappa shape index (κ2) is 7.31. The molecule has 3 atom stereocenters.